The van der Waals surface area contributed by atoms with Crippen LogP contribution in [0.5, 0.6) is 5.75 Å². The number of anilines is 1. The Kier molecular flexibility index (Phi) is 4.86. The number of halogens is 1. The number of hydrogen-bond donors (Lipinski definition) is 1. The van der Waals surface area contributed by atoms with Crippen molar-refractivity contribution in [2.24, 2.45) is 0 Å². The first-order valence-corrected chi connectivity index (χ1v) is 6.91. The summed E-state index contributed by atoms with van der Waals surface area (Å²) in [7, 11) is 1.61. The van der Waals surface area contributed by atoms with Gasteiger partial charge in [0.25, 0.3) is 0 Å². The molecule has 1 aliphatic rings. The van der Waals surface area contributed by atoms with E-state index in [1.165, 1.54) is 0 Å². The first-order valence-electron chi connectivity index (χ1n) is 6.53. The number of methoxy groups -OCH3 is 1. The van der Waals surface area contributed by atoms with Crippen molar-refractivity contribution in [3.63, 3.8) is 0 Å². The van der Waals surface area contributed by atoms with E-state index in [4.69, 9.17) is 16.3 Å². The summed E-state index contributed by atoms with van der Waals surface area (Å²) in [5, 5.41) is 3.77. The Bertz CT molecular complexity index is 497. The molecule has 0 amide bonds. The van der Waals surface area contributed by atoms with Crippen molar-refractivity contribution >= 4 is 23.1 Å². The van der Waals surface area contributed by atoms with Gasteiger partial charge in [-0.1, -0.05) is 18.0 Å². The lowest BCUT2D eigenvalue weighted by Gasteiger charge is -2.10. The average Bonchev–Trinajstić information content (AvgIpc) is 2.61. The van der Waals surface area contributed by atoms with Crippen LogP contribution in [0.2, 0.25) is 5.02 Å². The van der Waals surface area contributed by atoms with Crippen LogP contribution >= 0.6 is 11.6 Å². The number of carbonyl (C=O) groups is 1. The lowest BCUT2D eigenvalue weighted by atomic mass is 10.1. The number of ketones is 1. The number of ether oxygens (including phenoxy) is 1. The Morgan fingerprint density at radius 2 is 2.05 bits per heavy atom. The molecule has 0 aromatic heterocycles. The number of nitrogens with one attached hydrogen (secondary N) is 1. The van der Waals surface area contributed by atoms with Crippen molar-refractivity contribution in [1.29, 1.82) is 0 Å². The van der Waals surface area contributed by atoms with Gasteiger partial charge < -0.3 is 10.1 Å². The maximum atomic E-state index is 11.9. The van der Waals surface area contributed by atoms with Crippen LogP contribution in [0.1, 0.15) is 32.1 Å². The highest BCUT2D eigenvalue weighted by atomic mass is 35.5. The van der Waals surface area contributed by atoms with E-state index < -0.39 is 0 Å². The summed E-state index contributed by atoms with van der Waals surface area (Å²) < 4.78 is 5.26. The molecule has 0 saturated heterocycles. The smallest absolute Gasteiger partial charge is 0.160 e. The zero-order chi connectivity index (χ0) is 13.7. The Balaban J connectivity index is 2.16. The third-order valence-electron chi connectivity index (χ3n) is 3.27. The fourth-order valence-corrected chi connectivity index (χ4v) is 2.36. The van der Waals surface area contributed by atoms with E-state index in [0.29, 0.717) is 17.2 Å². The fourth-order valence-electron chi connectivity index (χ4n) is 2.19. The highest BCUT2D eigenvalue weighted by molar-refractivity contribution is 6.30. The van der Waals surface area contributed by atoms with Gasteiger partial charge in [-0.25, -0.2) is 0 Å². The summed E-state index contributed by atoms with van der Waals surface area (Å²) >= 11 is 5.97. The van der Waals surface area contributed by atoms with Crippen LogP contribution in [-0.4, -0.2) is 12.9 Å². The molecule has 0 unspecified atom stereocenters. The van der Waals surface area contributed by atoms with Crippen LogP contribution in [0.15, 0.2) is 30.0 Å². The number of benzene rings is 1. The minimum atomic E-state index is 0.242. The third kappa shape index (κ3) is 3.74. The van der Waals surface area contributed by atoms with Crippen LogP contribution in [0, 0.1) is 0 Å². The maximum absolute atomic E-state index is 11.9. The quantitative estimate of drug-likeness (QED) is 0.666. The average molecular weight is 280 g/mol. The summed E-state index contributed by atoms with van der Waals surface area (Å²) in [5.41, 5.74) is 1.64. The second kappa shape index (κ2) is 6.62. The zero-order valence-electron chi connectivity index (χ0n) is 11.0. The number of rotatable bonds is 3. The topological polar surface area (TPSA) is 38.3 Å². The molecule has 1 aromatic rings. The SMILES string of the molecule is COc1ccc(Cl)cc1N/C=C1\CCCCCC1=O. The van der Waals surface area contributed by atoms with Gasteiger partial charge in [-0.05, 0) is 37.5 Å². The highest BCUT2D eigenvalue weighted by Crippen LogP contribution is 2.28. The van der Waals surface area contributed by atoms with Gasteiger partial charge in [-0.2, -0.15) is 0 Å². The molecular formula is C15H18ClNO2. The number of hydrogen-bond acceptors (Lipinski definition) is 3. The molecule has 0 heterocycles. The van der Waals surface area contributed by atoms with Gasteiger partial charge in [0.2, 0.25) is 0 Å². The van der Waals surface area contributed by atoms with Gasteiger partial charge in [-0.15, -0.1) is 0 Å². The van der Waals surface area contributed by atoms with Crippen molar-refractivity contribution in [3.8, 4) is 5.75 Å². The van der Waals surface area contributed by atoms with Crippen LogP contribution in [0.4, 0.5) is 5.69 Å². The van der Waals surface area contributed by atoms with Gasteiger partial charge in [-0.3, -0.25) is 4.79 Å². The van der Waals surface area contributed by atoms with Gasteiger partial charge >= 0.3 is 0 Å². The summed E-state index contributed by atoms with van der Waals surface area (Å²) in [5.74, 6) is 0.952. The molecule has 0 radical (unpaired) electrons. The molecule has 1 saturated carbocycles. The first kappa shape index (κ1) is 13.9. The third-order valence-corrected chi connectivity index (χ3v) is 3.51. The van der Waals surface area contributed by atoms with Crippen molar-refractivity contribution in [1.82, 2.24) is 0 Å². The molecule has 1 aromatic carbocycles. The molecule has 19 heavy (non-hydrogen) atoms. The highest BCUT2D eigenvalue weighted by Gasteiger charge is 2.13. The largest absolute Gasteiger partial charge is 0.495 e. The standard InChI is InChI=1S/C15H18ClNO2/c1-19-15-8-7-12(16)9-13(15)17-10-11-5-3-2-4-6-14(11)18/h7-10,17H,2-6H2,1H3/b11-10+. The van der Waals surface area contributed by atoms with E-state index in [1.54, 1.807) is 31.5 Å². The summed E-state index contributed by atoms with van der Waals surface area (Å²) in [6.07, 6.45) is 6.49. The molecule has 0 bridgehead atoms. The lowest BCUT2D eigenvalue weighted by Crippen LogP contribution is -2.03. The van der Waals surface area contributed by atoms with E-state index in [0.717, 1.165) is 36.9 Å². The van der Waals surface area contributed by atoms with Crippen molar-refractivity contribution < 1.29 is 9.53 Å². The zero-order valence-corrected chi connectivity index (χ0v) is 11.8. The molecule has 0 aliphatic heterocycles. The van der Waals surface area contributed by atoms with E-state index in [1.807, 2.05) is 0 Å². The molecular weight excluding hydrogens is 262 g/mol. The monoisotopic (exact) mass is 279 g/mol. The fraction of sp³-hybridized carbons (Fsp3) is 0.400. The number of Topliss-reactive ketones (excluding diaryl/α,β-unsaturated/α-hetero) is 1. The molecule has 0 spiro atoms. The molecule has 102 valence electrons. The second-order valence-corrected chi connectivity index (χ2v) is 5.08. The summed E-state index contributed by atoms with van der Waals surface area (Å²) in [6, 6.07) is 5.37. The van der Waals surface area contributed by atoms with Crippen LogP contribution < -0.4 is 10.1 Å². The van der Waals surface area contributed by atoms with E-state index in [-0.39, 0.29) is 5.78 Å². The Morgan fingerprint density at radius 1 is 1.26 bits per heavy atom. The lowest BCUT2D eigenvalue weighted by molar-refractivity contribution is -0.115. The molecule has 2 rings (SSSR count). The van der Waals surface area contributed by atoms with Crippen molar-refractivity contribution in [2.45, 2.75) is 32.1 Å². The van der Waals surface area contributed by atoms with Crippen LogP contribution in [0.3, 0.4) is 0 Å². The van der Waals surface area contributed by atoms with Gasteiger partial charge in [0.05, 0.1) is 12.8 Å². The number of carbonyl (C=O) groups excluding carboxylic acids is 1. The van der Waals surface area contributed by atoms with Gasteiger partial charge in [0.15, 0.2) is 5.78 Å². The molecule has 3 nitrogen and oxygen atoms in total. The van der Waals surface area contributed by atoms with E-state index >= 15 is 0 Å². The molecule has 1 fully saturated rings. The minimum absolute atomic E-state index is 0.242. The molecule has 1 aliphatic carbocycles. The maximum Gasteiger partial charge on any atom is 0.160 e. The Hall–Kier alpha value is -1.48. The summed E-state index contributed by atoms with van der Waals surface area (Å²) in [6.45, 7) is 0. The predicted octanol–water partition coefficient (Wildman–Crippen LogP) is 4.18. The Morgan fingerprint density at radius 3 is 2.84 bits per heavy atom. The van der Waals surface area contributed by atoms with Crippen LogP contribution in [0.25, 0.3) is 0 Å². The number of allylic oxidation sites excluding steroid dienone is 1. The normalized spacial score (nSPS) is 18.2. The predicted molar refractivity (Wildman–Crippen MR) is 77.8 cm³/mol. The molecule has 1 N–H and O–H groups in total. The van der Waals surface area contributed by atoms with Crippen molar-refractivity contribution in [2.75, 3.05) is 12.4 Å². The minimum Gasteiger partial charge on any atom is -0.495 e. The first-order chi connectivity index (χ1) is 9.20. The van der Waals surface area contributed by atoms with Crippen LogP contribution in [-0.2, 0) is 4.79 Å². The van der Waals surface area contributed by atoms with E-state index in [2.05, 4.69) is 5.32 Å². The molecule has 4 heteroatoms. The van der Waals surface area contributed by atoms with Gasteiger partial charge in [0.1, 0.15) is 5.75 Å². The summed E-state index contributed by atoms with van der Waals surface area (Å²) in [4.78, 5) is 11.9. The van der Waals surface area contributed by atoms with Gasteiger partial charge in [0, 0.05) is 23.2 Å². The molecule has 0 atom stereocenters. The van der Waals surface area contributed by atoms with Crippen molar-refractivity contribution in [3.05, 3.63) is 35.0 Å². The Labute approximate surface area is 118 Å². The van der Waals surface area contributed by atoms with E-state index in [9.17, 15) is 4.79 Å². The second-order valence-electron chi connectivity index (χ2n) is 4.64.